The van der Waals surface area contributed by atoms with Crippen LogP contribution in [0.3, 0.4) is 0 Å². The molecule has 1 atom stereocenters. The van der Waals surface area contributed by atoms with Gasteiger partial charge in [0, 0.05) is 11.8 Å². The second-order valence-electron chi connectivity index (χ2n) is 7.06. The zero-order valence-electron chi connectivity index (χ0n) is 16.4. The lowest BCUT2D eigenvalue weighted by Crippen LogP contribution is -2.39. The summed E-state index contributed by atoms with van der Waals surface area (Å²) in [5, 5.41) is 2.75. The Morgan fingerprint density at radius 1 is 1.30 bits per heavy atom. The first-order chi connectivity index (χ1) is 12.8. The molecule has 0 bridgehead atoms. The minimum Gasteiger partial charge on any atom is -0.320 e. The molecule has 4 nitrogen and oxygen atoms in total. The number of pyridine rings is 1. The van der Waals surface area contributed by atoms with Crippen molar-refractivity contribution < 1.29 is 9.18 Å². The average Bonchev–Trinajstić information content (AvgIpc) is 2.63. The Bertz CT molecular complexity index is 813. The number of hydrogen-bond donors (Lipinski definition) is 2. The van der Waals surface area contributed by atoms with E-state index in [1.54, 1.807) is 18.3 Å². The number of nitrogens with two attached hydrogens (primary N) is 1. The average molecular weight is 369 g/mol. The minimum atomic E-state index is -0.576. The number of nitrogens with zero attached hydrogens (tertiary/aromatic N) is 1. The van der Waals surface area contributed by atoms with Crippen LogP contribution in [0, 0.1) is 18.7 Å². The first-order valence-corrected chi connectivity index (χ1v) is 9.33. The number of amides is 1. The molecule has 0 aliphatic rings. The lowest BCUT2D eigenvalue weighted by Gasteiger charge is -2.15. The van der Waals surface area contributed by atoms with Crippen LogP contribution in [-0.2, 0) is 4.79 Å². The topological polar surface area (TPSA) is 68.0 Å². The van der Waals surface area contributed by atoms with Crippen LogP contribution in [0.5, 0.6) is 0 Å². The molecular formula is C22H28FN3O. The fourth-order valence-corrected chi connectivity index (χ4v) is 2.74. The van der Waals surface area contributed by atoms with Crippen LogP contribution in [0.2, 0.25) is 0 Å². The van der Waals surface area contributed by atoms with E-state index in [0.717, 1.165) is 35.1 Å². The summed E-state index contributed by atoms with van der Waals surface area (Å²) in [6, 6.07) is 7.89. The van der Waals surface area contributed by atoms with Crippen LogP contribution in [0.15, 0.2) is 42.6 Å². The van der Waals surface area contributed by atoms with E-state index in [-0.39, 0.29) is 17.6 Å². The summed E-state index contributed by atoms with van der Waals surface area (Å²) < 4.78 is 13.5. The molecule has 1 unspecified atom stereocenters. The van der Waals surface area contributed by atoms with Gasteiger partial charge in [-0.25, -0.2) is 9.37 Å². The predicted molar refractivity (Wildman–Crippen MR) is 109 cm³/mol. The van der Waals surface area contributed by atoms with Crippen molar-refractivity contribution >= 4 is 17.3 Å². The number of aromatic nitrogens is 1. The number of anilines is 1. The van der Waals surface area contributed by atoms with E-state index >= 15 is 0 Å². The lowest BCUT2D eigenvalue weighted by molar-refractivity contribution is -0.118. The number of allylic oxidation sites excluding steroid dienone is 1. The van der Waals surface area contributed by atoms with Crippen LogP contribution < -0.4 is 11.1 Å². The second-order valence-corrected chi connectivity index (χ2v) is 7.06. The lowest BCUT2D eigenvalue weighted by atomic mass is 9.94. The van der Waals surface area contributed by atoms with Gasteiger partial charge in [-0.2, -0.15) is 0 Å². The van der Waals surface area contributed by atoms with E-state index < -0.39 is 6.04 Å². The highest BCUT2D eigenvalue weighted by atomic mass is 19.1. The van der Waals surface area contributed by atoms with Gasteiger partial charge in [0.2, 0.25) is 5.91 Å². The smallest absolute Gasteiger partial charge is 0.242 e. The van der Waals surface area contributed by atoms with Crippen LogP contribution in [0.25, 0.3) is 5.57 Å². The third-order valence-electron chi connectivity index (χ3n) is 4.46. The predicted octanol–water partition coefficient (Wildman–Crippen LogP) is 4.68. The molecule has 27 heavy (non-hydrogen) atoms. The molecule has 3 N–H and O–H groups in total. The van der Waals surface area contributed by atoms with Crippen molar-refractivity contribution in [2.45, 2.75) is 46.6 Å². The SMILES string of the molecule is CCCC=C(c1ccc(NC(=O)C(N)C(C)C)nc1)c1ccc(F)cc1C. The highest BCUT2D eigenvalue weighted by Crippen LogP contribution is 2.27. The number of aryl methyl sites for hydroxylation is 1. The number of carbonyl (C=O) groups is 1. The van der Waals surface area contributed by atoms with Gasteiger partial charge >= 0.3 is 0 Å². The molecule has 0 fully saturated rings. The van der Waals surface area contributed by atoms with Gasteiger partial charge < -0.3 is 11.1 Å². The molecule has 5 heteroatoms. The zero-order valence-corrected chi connectivity index (χ0v) is 16.4. The van der Waals surface area contributed by atoms with Gasteiger partial charge in [-0.3, -0.25) is 4.79 Å². The summed E-state index contributed by atoms with van der Waals surface area (Å²) in [5.41, 5.74) is 9.65. The molecule has 0 spiro atoms. The molecule has 0 aliphatic carbocycles. The Balaban J connectivity index is 2.29. The van der Waals surface area contributed by atoms with Crippen LogP contribution in [-0.4, -0.2) is 16.9 Å². The highest BCUT2D eigenvalue weighted by Gasteiger charge is 2.17. The molecule has 2 aromatic rings. The summed E-state index contributed by atoms with van der Waals surface area (Å²) in [7, 11) is 0. The maximum atomic E-state index is 13.5. The summed E-state index contributed by atoms with van der Waals surface area (Å²) in [6.45, 7) is 7.81. The standard InChI is InChI=1S/C22H28FN3O/c1-5-6-7-19(18-10-9-17(23)12-15(18)4)16-8-11-20(25-13-16)26-22(27)21(24)14(2)3/h7-14,21H,5-6,24H2,1-4H3,(H,25,26,27). The summed E-state index contributed by atoms with van der Waals surface area (Å²) in [6.07, 6.45) is 5.79. The Kier molecular flexibility index (Phi) is 7.25. The van der Waals surface area contributed by atoms with Crippen molar-refractivity contribution in [3.05, 3.63) is 65.1 Å². The number of unbranched alkanes of at least 4 members (excludes halogenated alkanes) is 1. The van der Waals surface area contributed by atoms with Crippen LogP contribution in [0.1, 0.15) is 50.3 Å². The van der Waals surface area contributed by atoms with Crippen molar-refractivity contribution in [1.82, 2.24) is 4.98 Å². The molecule has 0 saturated heterocycles. The van der Waals surface area contributed by atoms with Gasteiger partial charge in [0.25, 0.3) is 0 Å². The van der Waals surface area contributed by atoms with E-state index in [2.05, 4.69) is 23.3 Å². The van der Waals surface area contributed by atoms with Crippen LogP contribution in [0.4, 0.5) is 10.2 Å². The van der Waals surface area contributed by atoms with E-state index in [1.165, 1.54) is 12.1 Å². The van der Waals surface area contributed by atoms with Gasteiger partial charge in [0.05, 0.1) is 6.04 Å². The quantitative estimate of drug-likeness (QED) is 0.744. The number of benzene rings is 1. The van der Waals surface area contributed by atoms with Crippen molar-refractivity contribution in [3.63, 3.8) is 0 Å². The van der Waals surface area contributed by atoms with Crippen LogP contribution >= 0.6 is 0 Å². The number of hydrogen-bond acceptors (Lipinski definition) is 3. The van der Waals surface area contributed by atoms with Crippen molar-refractivity contribution in [1.29, 1.82) is 0 Å². The Labute approximate surface area is 160 Å². The number of rotatable bonds is 7. The van der Waals surface area contributed by atoms with Gasteiger partial charge in [-0.1, -0.05) is 39.3 Å². The molecule has 1 aromatic carbocycles. The van der Waals surface area contributed by atoms with E-state index in [1.807, 2.05) is 26.8 Å². The molecule has 0 saturated carbocycles. The van der Waals surface area contributed by atoms with Crippen molar-refractivity contribution in [2.24, 2.45) is 11.7 Å². The van der Waals surface area contributed by atoms with E-state index in [0.29, 0.717) is 5.82 Å². The molecule has 1 amide bonds. The fourth-order valence-electron chi connectivity index (χ4n) is 2.74. The van der Waals surface area contributed by atoms with E-state index in [4.69, 9.17) is 5.73 Å². The Hall–Kier alpha value is -2.53. The van der Waals surface area contributed by atoms with Gasteiger partial charge in [0.15, 0.2) is 0 Å². The Morgan fingerprint density at radius 3 is 2.59 bits per heavy atom. The first kappa shape index (κ1) is 20.8. The van der Waals surface area contributed by atoms with Gasteiger partial charge in [-0.15, -0.1) is 0 Å². The minimum absolute atomic E-state index is 0.0503. The molecule has 1 aromatic heterocycles. The molecule has 1 heterocycles. The number of nitrogens with one attached hydrogen (secondary N) is 1. The third kappa shape index (κ3) is 5.47. The van der Waals surface area contributed by atoms with E-state index in [9.17, 15) is 9.18 Å². The molecule has 0 radical (unpaired) electrons. The molecule has 0 aliphatic heterocycles. The summed E-state index contributed by atoms with van der Waals surface area (Å²) in [5.74, 6) is 0.0185. The maximum Gasteiger partial charge on any atom is 0.242 e. The summed E-state index contributed by atoms with van der Waals surface area (Å²) in [4.78, 5) is 16.4. The van der Waals surface area contributed by atoms with Gasteiger partial charge in [-0.05, 0) is 60.2 Å². The zero-order chi connectivity index (χ0) is 20.0. The molecule has 2 rings (SSSR count). The highest BCUT2D eigenvalue weighted by molar-refractivity contribution is 5.94. The first-order valence-electron chi connectivity index (χ1n) is 9.33. The number of carbonyl (C=O) groups excluding carboxylic acids is 1. The third-order valence-corrected chi connectivity index (χ3v) is 4.46. The van der Waals surface area contributed by atoms with Crippen molar-refractivity contribution in [2.75, 3.05) is 5.32 Å². The Morgan fingerprint density at radius 2 is 2.04 bits per heavy atom. The number of halogens is 1. The fraction of sp³-hybridized carbons (Fsp3) is 0.364. The molecule has 144 valence electrons. The normalized spacial score (nSPS) is 12.9. The molecular weight excluding hydrogens is 341 g/mol. The van der Waals surface area contributed by atoms with Gasteiger partial charge in [0.1, 0.15) is 11.6 Å². The van der Waals surface area contributed by atoms with Crippen molar-refractivity contribution in [3.8, 4) is 0 Å². The maximum absolute atomic E-state index is 13.5. The monoisotopic (exact) mass is 369 g/mol. The second kappa shape index (κ2) is 9.42. The summed E-state index contributed by atoms with van der Waals surface area (Å²) >= 11 is 0. The largest absolute Gasteiger partial charge is 0.320 e.